The van der Waals surface area contributed by atoms with Gasteiger partial charge in [0.05, 0.1) is 0 Å². The molecule has 0 radical (unpaired) electrons. The van der Waals surface area contributed by atoms with Crippen molar-refractivity contribution in [1.29, 1.82) is 0 Å². The number of benzene rings is 1. The van der Waals surface area contributed by atoms with Crippen molar-refractivity contribution in [1.82, 2.24) is 0 Å². The Labute approximate surface area is 181 Å². The Morgan fingerprint density at radius 3 is 1.77 bits per heavy atom. The van der Waals surface area contributed by atoms with Gasteiger partial charge in [0.1, 0.15) is 17.5 Å². The molecule has 0 saturated heterocycles. The summed E-state index contributed by atoms with van der Waals surface area (Å²) in [5, 5.41) is 0. The van der Waals surface area contributed by atoms with Crippen LogP contribution in [0.4, 0.5) is 13.2 Å². The molecular formula is C25H41F3O2. The fraction of sp³-hybridized carbons (Fsp3) is 0.760. The lowest BCUT2D eigenvalue weighted by atomic mass is 9.85. The van der Waals surface area contributed by atoms with E-state index in [0.717, 1.165) is 50.7 Å². The predicted octanol–water partition coefficient (Wildman–Crippen LogP) is 7.97. The molecule has 0 aliphatic heterocycles. The van der Waals surface area contributed by atoms with E-state index < -0.39 is 23.2 Å². The van der Waals surface area contributed by atoms with E-state index in [1.54, 1.807) is 14.2 Å². The van der Waals surface area contributed by atoms with Crippen LogP contribution in [0.1, 0.15) is 96.5 Å². The topological polar surface area (TPSA) is 18.5 Å². The molecule has 2 nitrogen and oxygen atoms in total. The van der Waals surface area contributed by atoms with Crippen molar-refractivity contribution < 1.29 is 22.6 Å². The highest BCUT2D eigenvalue weighted by Gasteiger charge is 2.36. The molecule has 1 atom stereocenters. The van der Waals surface area contributed by atoms with Gasteiger partial charge in [-0.1, -0.05) is 65.2 Å². The molecule has 0 N–H and O–H groups in total. The smallest absolute Gasteiger partial charge is 0.170 e. The minimum Gasteiger partial charge on any atom is -0.353 e. The van der Waals surface area contributed by atoms with Gasteiger partial charge in [0.2, 0.25) is 0 Å². The molecule has 0 aromatic heterocycles. The van der Waals surface area contributed by atoms with Crippen molar-refractivity contribution in [3.8, 4) is 0 Å². The van der Waals surface area contributed by atoms with E-state index in [0.29, 0.717) is 12.3 Å². The summed E-state index contributed by atoms with van der Waals surface area (Å²) in [5.41, 5.74) is -0.0169. The highest BCUT2D eigenvalue weighted by atomic mass is 19.1. The Bertz CT molecular complexity index is 556. The third-order valence-electron chi connectivity index (χ3n) is 6.30. The maximum absolute atomic E-state index is 13.8. The molecule has 0 fully saturated rings. The molecule has 0 saturated carbocycles. The van der Waals surface area contributed by atoms with Crippen LogP contribution >= 0.6 is 0 Å². The first-order chi connectivity index (χ1) is 14.4. The summed E-state index contributed by atoms with van der Waals surface area (Å²) in [4.78, 5) is 0. The molecule has 0 amide bonds. The molecule has 30 heavy (non-hydrogen) atoms. The lowest BCUT2D eigenvalue weighted by molar-refractivity contribution is -0.244. The van der Waals surface area contributed by atoms with Crippen LogP contribution in [0, 0.1) is 23.4 Å². The zero-order valence-corrected chi connectivity index (χ0v) is 19.4. The lowest BCUT2D eigenvalue weighted by Gasteiger charge is -2.38. The molecule has 1 aromatic rings. The second-order valence-electron chi connectivity index (χ2n) is 8.27. The van der Waals surface area contributed by atoms with Gasteiger partial charge in [-0.3, -0.25) is 0 Å². The third kappa shape index (κ3) is 8.58. The Balaban J connectivity index is 2.52. The SMILES string of the molecule is CCCCCCCCC(CCCCCc1c(F)cc(F)cc1F)C(CC)(OC)OC. The van der Waals surface area contributed by atoms with Gasteiger partial charge < -0.3 is 9.47 Å². The van der Waals surface area contributed by atoms with Gasteiger partial charge in [0, 0.05) is 37.8 Å². The van der Waals surface area contributed by atoms with E-state index in [1.807, 2.05) is 0 Å². The average Bonchev–Trinajstić information content (AvgIpc) is 2.72. The molecule has 0 aliphatic carbocycles. The van der Waals surface area contributed by atoms with E-state index in [9.17, 15) is 13.2 Å². The van der Waals surface area contributed by atoms with Crippen molar-refractivity contribution in [3.63, 3.8) is 0 Å². The number of ether oxygens (including phenoxy) is 2. The minimum atomic E-state index is -0.874. The molecule has 174 valence electrons. The number of hydrogen-bond acceptors (Lipinski definition) is 2. The maximum Gasteiger partial charge on any atom is 0.170 e. The fourth-order valence-corrected chi connectivity index (χ4v) is 4.43. The van der Waals surface area contributed by atoms with Crippen LogP contribution in [0.5, 0.6) is 0 Å². The largest absolute Gasteiger partial charge is 0.353 e. The Hall–Kier alpha value is -1.07. The van der Waals surface area contributed by atoms with E-state index in [2.05, 4.69) is 13.8 Å². The van der Waals surface area contributed by atoms with Crippen LogP contribution in [0.15, 0.2) is 12.1 Å². The zero-order chi connectivity index (χ0) is 22.4. The lowest BCUT2D eigenvalue weighted by Crippen LogP contribution is -2.41. The second kappa shape index (κ2) is 14.9. The second-order valence-corrected chi connectivity index (χ2v) is 8.27. The zero-order valence-electron chi connectivity index (χ0n) is 19.4. The van der Waals surface area contributed by atoms with Crippen molar-refractivity contribution >= 4 is 0 Å². The van der Waals surface area contributed by atoms with Crippen LogP contribution in [0.2, 0.25) is 0 Å². The van der Waals surface area contributed by atoms with E-state index in [4.69, 9.17) is 9.47 Å². The van der Waals surface area contributed by atoms with Gasteiger partial charge in [0.15, 0.2) is 5.79 Å². The van der Waals surface area contributed by atoms with Crippen LogP contribution in [-0.2, 0) is 15.9 Å². The van der Waals surface area contributed by atoms with E-state index in [1.165, 1.54) is 32.1 Å². The minimum absolute atomic E-state index is 0.0169. The summed E-state index contributed by atoms with van der Waals surface area (Å²) in [6.07, 6.45) is 13.1. The number of unbranched alkanes of at least 4 members (excludes halogenated alkanes) is 7. The molecule has 1 unspecified atom stereocenters. The van der Waals surface area contributed by atoms with Crippen LogP contribution in [0.25, 0.3) is 0 Å². The highest BCUT2D eigenvalue weighted by molar-refractivity contribution is 5.20. The highest BCUT2D eigenvalue weighted by Crippen LogP contribution is 2.35. The quantitative estimate of drug-likeness (QED) is 0.184. The number of rotatable bonds is 17. The molecule has 1 rings (SSSR count). The Morgan fingerprint density at radius 1 is 0.767 bits per heavy atom. The maximum atomic E-state index is 13.8. The summed E-state index contributed by atoms with van der Waals surface area (Å²) >= 11 is 0. The van der Waals surface area contributed by atoms with Gasteiger partial charge in [-0.15, -0.1) is 0 Å². The molecule has 0 bridgehead atoms. The van der Waals surface area contributed by atoms with Crippen molar-refractivity contribution in [2.45, 2.75) is 103 Å². The van der Waals surface area contributed by atoms with Crippen molar-refractivity contribution in [3.05, 3.63) is 35.1 Å². The number of hydrogen-bond donors (Lipinski definition) is 0. The summed E-state index contributed by atoms with van der Waals surface area (Å²) in [5.74, 6) is -2.74. The standard InChI is InChI=1S/C25H41F3O2/c1-5-7-8-9-10-12-15-20(25(6-2,29-3)30-4)16-13-11-14-17-22-23(27)18-21(26)19-24(22)28/h18-20H,5-17H2,1-4H3. The van der Waals surface area contributed by atoms with Crippen LogP contribution < -0.4 is 0 Å². The van der Waals surface area contributed by atoms with Gasteiger partial charge in [-0.25, -0.2) is 13.2 Å². The number of methoxy groups -OCH3 is 2. The van der Waals surface area contributed by atoms with E-state index >= 15 is 0 Å². The molecule has 5 heteroatoms. The fourth-order valence-electron chi connectivity index (χ4n) is 4.43. The van der Waals surface area contributed by atoms with Gasteiger partial charge in [-0.2, -0.15) is 0 Å². The predicted molar refractivity (Wildman–Crippen MR) is 117 cm³/mol. The van der Waals surface area contributed by atoms with Crippen LogP contribution in [0.3, 0.4) is 0 Å². The molecule has 0 spiro atoms. The van der Waals surface area contributed by atoms with Crippen molar-refractivity contribution in [2.24, 2.45) is 5.92 Å². The first kappa shape index (κ1) is 27.0. The summed E-state index contributed by atoms with van der Waals surface area (Å²) in [7, 11) is 3.42. The third-order valence-corrected chi connectivity index (χ3v) is 6.30. The number of halogens is 3. The molecule has 1 aromatic carbocycles. The van der Waals surface area contributed by atoms with E-state index in [-0.39, 0.29) is 12.0 Å². The average molecular weight is 431 g/mol. The monoisotopic (exact) mass is 430 g/mol. The van der Waals surface area contributed by atoms with Gasteiger partial charge >= 0.3 is 0 Å². The normalized spacial score (nSPS) is 13.0. The van der Waals surface area contributed by atoms with Crippen LogP contribution in [-0.4, -0.2) is 20.0 Å². The first-order valence-corrected chi connectivity index (χ1v) is 11.7. The Morgan fingerprint density at radius 2 is 1.27 bits per heavy atom. The summed E-state index contributed by atoms with van der Waals surface area (Å²) < 4.78 is 52.2. The first-order valence-electron chi connectivity index (χ1n) is 11.7. The Kier molecular flexibility index (Phi) is 13.3. The molecular weight excluding hydrogens is 389 g/mol. The molecule has 0 heterocycles. The molecule has 0 aliphatic rings. The van der Waals surface area contributed by atoms with Crippen molar-refractivity contribution in [2.75, 3.05) is 14.2 Å². The summed E-state index contributed by atoms with van der Waals surface area (Å²) in [6, 6.07) is 1.50. The summed E-state index contributed by atoms with van der Waals surface area (Å²) in [6.45, 7) is 4.31. The van der Waals surface area contributed by atoms with Gasteiger partial charge in [-0.05, 0) is 32.1 Å². The van der Waals surface area contributed by atoms with Gasteiger partial charge in [0.25, 0.3) is 0 Å².